The Hall–Kier alpha value is -4.03. The smallest absolute Gasteiger partial charge is 0.418 e. The van der Waals surface area contributed by atoms with Crippen molar-refractivity contribution >= 4 is 50.8 Å². The Balaban J connectivity index is 1.45. The maximum atomic E-state index is 13.7. The number of carbonyl (C=O) groups excluding carboxylic acids is 4. The molecule has 0 radical (unpaired) electrons. The number of halogens is 1. The first-order valence-corrected chi connectivity index (χ1v) is 18.3. The van der Waals surface area contributed by atoms with Crippen LogP contribution in [0, 0.1) is 0 Å². The fraction of sp³-hybridized carbons (Fsp3) is 0.457. The summed E-state index contributed by atoms with van der Waals surface area (Å²) in [6.07, 6.45) is 12.6. The van der Waals surface area contributed by atoms with Crippen LogP contribution >= 0.6 is 11.6 Å². The lowest BCUT2D eigenvalue weighted by molar-refractivity contribution is -0.137. The van der Waals surface area contributed by atoms with Gasteiger partial charge in [0.15, 0.2) is 27.2 Å². The number of ether oxygens (including phenoxy) is 1. The molecule has 3 amide bonds. The number of Topliss-reactive ketones (excluding diaryl/α,β-unsaturated/α-hetero) is 1. The lowest BCUT2D eigenvalue weighted by atomic mass is 10.0. The van der Waals surface area contributed by atoms with Crippen molar-refractivity contribution in [2.24, 2.45) is 0 Å². The first-order chi connectivity index (χ1) is 22.9. The molecule has 1 N–H and O–H groups in total. The quantitative estimate of drug-likeness (QED) is 0.0802. The number of sulfone groups is 1. The van der Waals surface area contributed by atoms with Crippen LogP contribution in [0.25, 0.3) is 11.3 Å². The maximum Gasteiger partial charge on any atom is 0.418 e. The van der Waals surface area contributed by atoms with Gasteiger partial charge in [0.1, 0.15) is 5.76 Å². The number of anilines is 1. The number of nitrogens with one attached hydrogen (secondary N) is 1. The zero-order valence-corrected chi connectivity index (χ0v) is 29.1. The molecular weight excluding hydrogens is 658 g/mol. The summed E-state index contributed by atoms with van der Waals surface area (Å²) in [5, 5.41) is 2.37. The zero-order valence-electron chi connectivity index (χ0n) is 27.5. The molecule has 2 aromatic heterocycles. The Kier molecular flexibility index (Phi) is 12.6. The SMILES string of the molecule is CCCCCCCCCCCCS(=O)(=O)c1ccc(NC(=O)C(C(=O)c2ccc(-c3cccnc3)o2)N2C(=O)OC(C)(C)C2=O)c(Cl)c1. The van der Waals surface area contributed by atoms with E-state index in [2.05, 4.69) is 17.2 Å². The molecule has 13 heteroatoms. The van der Waals surface area contributed by atoms with E-state index in [1.54, 1.807) is 18.3 Å². The topological polar surface area (TPSA) is 153 Å². The van der Waals surface area contributed by atoms with Gasteiger partial charge in [0.25, 0.3) is 11.8 Å². The molecule has 0 saturated carbocycles. The summed E-state index contributed by atoms with van der Waals surface area (Å²) in [5.74, 6) is -3.03. The molecule has 1 aliphatic heterocycles. The van der Waals surface area contributed by atoms with E-state index in [0.29, 0.717) is 16.9 Å². The van der Waals surface area contributed by atoms with Gasteiger partial charge in [-0.1, -0.05) is 76.3 Å². The molecule has 1 fully saturated rings. The number of unbranched alkanes of at least 4 members (excludes halogenated alkanes) is 9. The lowest BCUT2D eigenvalue weighted by Crippen LogP contribution is -2.53. The van der Waals surface area contributed by atoms with Gasteiger partial charge in [-0.05, 0) is 62.7 Å². The van der Waals surface area contributed by atoms with Crippen molar-refractivity contribution in [3.63, 3.8) is 0 Å². The second-order valence-corrected chi connectivity index (χ2v) is 14.9. The maximum absolute atomic E-state index is 13.7. The standard InChI is InChI=1S/C35H42ClN3O8S/c1-4-5-6-7-8-9-10-11-12-13-21-48(44,45)25-16-17-27(26(36)22-25)38-32(41)30(39-33(42)35(2,3)47-34(39)43)31(40)29-19-18-28(46-29)24-15-14-20-37-23-24/h14-20,22-23,30H,4-13,21H2,1-3H3,(H,38,41). The predicted molar refractivity (Wildman–Crippen MR) is 181 cm³/mol. The lowest BCUT2D eigenvalue weighted by Gasteiger charge is -2.22. The number of benzene rings is 1. The van der Waals surface area contributed by atoms with Gasteiger partial charge < -0.3 is 14.5 Å². The van der Waals surface area contributed by atoms with Crippen molar-refractivity contribution in [3.05, 3.63) is 65.6 Å². The minimum atomic E-state index is -3.64. The molecule has 0 aliphatic carbocycles. The van der Waals surface area contributed by atoms with Gasteiger partial charge in [-0.25, -0.2) is 18.1 Å². The number of ketones is 1. The second kappa shape index (κ2) is 16.4. The van der Waals surface area contributed by atoms with Gasteiger partial charge in [0.05, 0.1) is 21.4 Å². The van der Waals surface area contributed by atoms with E-state index in [-0.39, 0.29) is 32.9 Å². The monoisotopic (exact) mass is 699 g/mol. The third-order valence-corrected chi connectivity index (χ3v) is 10.3. The molecule has 1 aliphatic rings. The third kappa shape index (κ3) is 9.10. The van der Waals surface area contributed by atoms with Crippen LogP contribution in [-0.4, -0.2) is 59.4 Å². The molecule has 258 valence electrons. The Bertz CT molecular complexity index is 1720. The summed E-state index contributed by atoms with van der Waals surface area (Å²) in [6, 6.07) is 8.03. The number of pyridine rings is 1. The Morgan fingerprint density at radius 1 is 0.958 bits per heavy atom. The number of nitrogens with zero attached hydrogens (tertiary/aromatic N) is 2. The minimum Gasteiger partial charge on any atom is -0.453 e. The summed E-state index contributed by atoms with van der Waals surface area (Å²) >= 11 is 6.42. The zero-order chi connectivity index (χ0) is 34.9. The molecule has 4 rings (SSSR count). The number of cyclic esters (lactones) is 1. The summed E-state index contributed by atoms with van der Waals surface area (Å²) in [6.45, 7) is 4.87. The molecular formula is C35H42ClN3O8S. The average molecular weight is 700 g/mol. The van der Waals surface area contributed by atoms with Crippen molar-refractivity contribution < 1.29 is 36.7 Å². The summed E-state index contributed by atoms with van der Waals surface area (Å²) in [4.78, 5) is 57.8. The Labute approximate surface area is 286 Å². The third-order valence-electron chi connectivity index (χ3n) is 8.15. The molecule has 1 atom stereocenters. The number of amides is 3. The van der Waals surface area contributed by atoms with E-state index in [1.165, 1.54) is 82.5 Å². The Morgan fingerprint density at radius 2 is 1.62 bits per heavy atom. The number of hydrogen-bond donors (Lipinski definition) is 1. The summed E-state index contributed by atoms with van der Waals surface area (Å²) < 4.78 is 36.9. The molecule has 1 saturated heterocycles. The first-order valence-electron chi connectivity index (χ1n) is 16.3. The number of carbonyl (C=O) groups is 4. The minimum absolute atomic E-state index is 0.00684. The van der Waals surface area contributed by atoms with Crippen LogP contribution in [0.3, 0.4) is 0 Å². The van der Waals surface area contributed by atoms with Gasteiger partial charge in [0.2, 0.25) is 5.78 Å². The second-order valence-electron chi connectivity index (χ2n) is 12.4. The van der Waals surface area contributed by atoms with Crippen molar-refractivity contribution in [3.8, 4) is 11.3 Å². The van der Waals surface area contributed by atoms with Crippen LogP contribution in [0.1, 0.15) is 95.5 Å². The van der Waals surface area contributed by atoms with Crippen molar-refractivity contribution in [1.29, 1.82) is 0 Å². The van der Waals surface area contributed by atoms with Crippen molar-refractivity contribution in [2.45, 2.75) is 102 Å². The van der Waals surface area contributed by atoms with Crippen LogP contribution in [0.5, 0.6) is 0 Å². The molecule has 3 aromatic rings. The highest BCUT2D eigenvalue weighted by Gasteiger charge is 2.54. The fourth-order valence-corrected chi connectivity index (χ4v) is 7.10. The predicted octanol–water partition coefficient (Wildman–Crippen LogP) is 7.64. The first kappa shape index (κ1) is 36.8. The molecule has 3 heterocycles. The largest absolute Gasteiger partial charge is 0.453 e. The van der Waals surface area contributed by atoms with Gasteiger partial charge in [-0.2, -0.15) is 0 Å². The molecule has 0 bridgehead atoms. The van der Waals surface area contributed by atoms with Gasteiger partial charge >= 0.3 is 6.09 Å². The molecule has 48 heavy (non-hydrogen) atoms. The highest BCUT2D eigenvalue weighted by atomic mass is 35.5. The molecule has 1 unspecified atom stereocenters. The van der Waals surface area contributed by atoms with E-state index in [0.717, 1.165) is 25.7 Å². The van der Waals surface area contributed by atoms with Crippen molar-refractivity contribution in [1.82, 2.24) is 9.88 Å². The van der Waals surface area contributed by atoms with Gasteiger partial charge in [-0.15, -0.1) is 0 Å². The van der Waals surface area contributed by atoms with E-state index < -0.39 is 45.2 Å². The highest BCUT2D eigenvalue weighted by molar-refractivity contribution is 7.91. The molecule has 11 nitrogen and oxygen atoms in total. The van der Waals surface area contributed by atoms with Gasteiger partial charge in [0, 0.05) is 18.0 Å². The summed E-state index contributed by atoms with van der Waals surface area (Å²) in [5.41, 5.74) is -1.08. The van der Waals surface area contributed by atoms with E-state index >= 15 is 0 Å². The van der Waals surface area contributed by atoms with Crippen LogP contribution in [0.15, 0.2) is 64.2 Å². The summed E-state index contributed by atoms with van der Waals surface area (Å²) in [7, 11) is -3.64. The molecule has 1 aromatic carbocycles. The highest BCUT2D eigenvalue weighted by Crippen LogP contribution is 2.31. The van der Waals surface area contributed by atoms with Crippen molar-refractivity contribution in [2.75, 3.05) is 11.1 Å². The van der Waals surface area contributed by atoms with Crippen LogP contribution < -0.4 is 5.32 Å². The van der Waals surface area contributed by atoms with E-state index in [1.807, 2.05) is 0 Å². The van der Waals surface area contributed by atoms with Crippen LogP contribution in [-0.2, 0) is 24.2 Å². The van der Waals surface area contributed by atoms with E-state index in [9.17, 15) is 27.6 Å². The normalized spacial score (nSPS) is 15.0. The number of rotatable bonds is 18. The number of hydrogen-bond acceptors (Lipinski definition) is 9. The fourth-order valence-electron chi connectivity index (χ4n) is 5.42. The molecule has 0 spiro atoms. The van der Waals surface area contributed by atoms with Crippen LogP contribution in [0.4, 0.5) is 10.5 Å². The van der Waals surface area contributed by atoms with Crippen LogP contribution in [0.2, 0.25) is 5.02 Å². The number of imide groups is 1. The number of aromatic nitrogens is 1. The Morgan fingerprint density at radius 3 is 2.21 bits per heavy atom. The number of furan rings is 1. The van der Waals surface area contributed by atoms with Gasteiger partial charge in [-0.3, -0.25) is 19.4 Å². The van der Waals surface area contributed by atoms with E-state index in [4.69, 9.17) is 20.8 Å². The average Bonchev–Trinajstić information content (AvgIpc) is 3.62.